The Kier molecular flexibility index (Phi) is 3.81. The van der Waals surface area contributed by atoms with Gasteiger partial charge in [0.2, 0.25) is 5.91 Å². The molecule has 2 aliphatic rings. The van der Waals surface area contributed by atoms with Crippen molar-refractivity contribution in [3.05, 3.63) is 18.2 Å². The highest BCUT2D eigenvalue weighted by molar-refractivity contribution is 5.94. The third kappa shape index (κ3) is 3.18. The van der Waals surface area contributed by atoms with Crippen molar-refractivity contribution in [3.8, 4) is 11.5 Å². The molecule has 7 nitrogen and oxygen atoms in total. The number of anilines is 1. The molecule has 2 heterocycles. The summed E-state index contributed by atoms with van der Waals surface area (Å²) in [6.07, 6.45) is 0.293. The lowest BCUT2D eigenvalue weighted by Gasteiger charge is -2.25. The van der Waals surface area contributed by atoms with E-state index in [2.05, 4.69) is 5.32 Å². The number of fused-ring (bicyclic) bond motifs is 1. The second-order valence-electron chi connectivity index (χ2n) is 4.80. The first-order chi connectivity index (χ1) is 10.2. The minimum absolute atomic E-state index is 0.0206. The molecule has 0 radical (unpaired) electrons. The van der Waals surface area contributed by atoms with Gasteiger partial charge in [-0.3, -0.25) is 9.69 Å². The van der Waals surface area contributed by atoms with E-state index in [0.717, 1.165) is 6.42 Å². The molecule has 0 saturated carbocycles. The molecule has 0 aromatic heterocycles. The second kappa shape index (κ2) is 5.90. The number of carbonyl (C=O) groups excluding carboxylic acids is 2. The topological polar surface area (TPSA) is 77.1 Å². The number of nitrogens with zero attached hydrogens (tertiary/aromatic N) is 1. The Morgan fingerprint density at radius 1 is 1.14 bits per heavy atom. The molecule has 0 aliphatic carbocycles. The van der Waals surface area contributed by atoms with Crippen molar-refractivity contribution in [1.29, 1.82) is 0 Å². The maximum absolute atomic E-state index is 12.0. The summed E-state index contributed by atoms with van der Waals surface area (Å²) in [5.41, 5.74) is 0.606. The molecule has 0 unspecified atom stereocenters. The van der Waals surface area contributed by atoms with E-state index in [9.17, 15) is 9.59 Å². The van der Waals surface area contributed by atoms with Crippen LogP contribution in [-0.4, -0.2) is 49.8 Å². The number of ether oxygens (including phenoxy) is 3. The summed E-state index contributed by atoms with van der Waals surface area (Å²) in [6.45, 7) is 1.94. The van der Waals surface area contributed by atoms with E-state index >= 15 is 0 Å². The minimum atomic E-state index is -0.446. The Balaban J connectivity index is 1.60. The SMILES string of the molecule is O=C(CN1CCCOC1=O)Nc1ccc2c(c1)OCCO2. The molecule has 1 fully saturated rings. The average Bonchev–Trinajstić information content (AvgIpc) is 2.49. The summed E-state index contributed by atoms with van der Waals surface area (Å²) in [7, 11) is 0. The van der Waals surface area contributed by atoms with Gasteiger partial charge in [0.15, 0.2) is 11.5 Å². The molecule has 1 saturated heterocycles. The minimum Gasteiger partial charge on any atom is -0.486 e. The van der Waals surface area contributed by atoms with Crippen molar-refractivity contribution in [2.75, 3.05) is 38.2 Å². The largest absolute Gasteiger partial charge is 0.486 e. The summed E-state index contributed by atoms with van der Waals surface area (Å²) in [5, 5.41) is 2.74. The monoisotopic (exact) mass is 292 g/mol. The summed E-state index contributed by atoms with van der Waals surface area (Å²) >= 11 is 0. The molecule has 1 aromatic rings. The quantitative estimate of drug-likeness (QED) is 0.907. The summed E-state index contributed by atoms with van der Waals surface area (Å²) in [5.74, 6) is 1.00. The second-order valence-corrected chi connectivity index (χ2v) is 4.80. The van der Waals surface area contributed by atoms with Crippen molar-refractivity contribution < 1.29 is 23.8 Å². The molecule has 7 heteroatoms. The smallest absolute Gasteiger partial charge is 0.410 e. The zero-order chi connectivity index (χ0) is 14.7. The first kappa shape index (κ1) is 13.5. The van der Waals surface area contributed by atoms with Gasteiger partial charge in [0.25, 0.3) is 0 Å². The average molecular weight is 292 g/mol. The lowest BCUT2D eigenvalue weighted by molar-refractivity contribution is -0.117. The molecular weight excluding hydrogens is 276 g/mol. The first-order valence-electron chi connectivity index (χ1n) is 6.83. The van der Waals surface area contributed by atoms with Crippen molar-refractivity contribution >= 4 is 17.7 Å². The van der Waals surface area contributed by atoms with Crippen LogP contribution in [0.1, 0.15) is 6.42 Å². The zero-order valence-corrected chi connectivity index (χ0v) is 11.5. The highest BCUT2D eigenvalue weighted by Crippen LogP contribution is 2.32. The third-order valence-corrected chi connectivity index (χ3v) is 3.22. The van der Waals surface area contributed by atoms with Gasteiger partial charge in [-0.2, -0.15) is 0 Å². The van der Waals surface area contributed by atoms with E-state index in [0.29, 0.717) is 43.6 Å². The summed E-state index contributed by atoms with van der Waals surface area (Å²) < 4.78 is 15.8. The molecule has 3 rings (SSSR count). The van der Waals surface area contributed by atoms with Gasteiger partial charge in [0, 0.05) is 18.3 Å². The van der Waals surface area contributed by atoms with Crippen LogP contribution in [-0.2, 0) is 9.53 Å². The van der Waals surface area contributed by atoms with Crippen molar-refractivity contribution in [1.82, 2.24) is 4.90 Å². The lowest BCUT2D eigenvalue weighted by atomic mass is 10.2. The van der Waals surface area contributed by atoms with E-state index < -0.39 is 6.09 Å². The number of hydrogen-bond donors (Lipinski definition) is 1. The molecule has 2 aliphatic heterocycles. The van der Waals surface area contributed by atoms with Crippen molar-refractivity contribution in [3.63, 3.8) is 0 Å². The molecule has 0 spiro atoms. The van der Waals surface area contributed by atoms with Crippen LogP contribution in [0.4, 0.5) is 10.5 Å². The fourth-order valence-corrected chi connectivity index (χ4v) is 2.24. The standard InChI is InChI=1S/C14H16N2O5/c17-13(9-16-4-1-5-21-14(16)18)15-10-2-3-11-12(8-10)20-7-6-19-11/h2-3,8H,1,4-7,9H2,(H,15,17). The predicted octanol–water partition coefficient (Wildman–Crippen LogP) is 1.24. The fourth-order valence-electron chi connectivity index (χ4n) is 2.24. The Labute approximate surface area is 121 Å². The van der Waals surface area contributed by atoms with Crippen LogP contribution >= 0.6 is 0 Å². The van der Waals surface area contributed by atoms with Crippen LogP contribution in [0.25, 0.3) is 0 Å². The Bertz CT molecular complexity index is 560. The van der Waals surface area contributed by atoms with Gasteiger partial charge < -0.3 is 19.5 Å². The Morgan fingerprint density at radius 3 is 2.76 bits per heavy atom. The number of benzene rings is 1. The summed E-state index contributed by atoms with van der Waals surface area (Å²) in [4.78, 5) is 24.8. The van der Waals surface area contributed by atoms with E-state index in [1.54, 1.807) is 18.2 Å². The Hall–Kier alpha value is -2.44. The van der Waals surface area contributed by atoms with Crippen molar-refractivity contribution in [2.24, 2.45) is 0 Å². The van der Waals surface area contributed by atoms with Gasteiger partial charge in [0.1, 0.15) is 19.8 Å². The molecule has 0 atom stereocenters. The zero-order valence-electron chi connectivity index (χ0n) is 11.5. The van der Waals surface area contributed by atoms with Crippen molar-refractivity contribution in [2.45, 2.75) is 6.42 Å². The Morgan fingerprint density at radius 2 is 1.95 bits per heavy atom. The number of cyclic esters (lactones) is 1. The first-order valence-corrected chi connectivity index (χ1v) is 6.83. The van der Waals surface area contributed by atoms with Crippen LogP contribution in [0.15, 0.2) is 18.2 Å². The molecule has 1 aromatic carbocycles. The van der Waals surface area contributed by atoms with E-state index in [4.69, 9.17) is 14.2 Å². The maximum Gasteiger partial charge on any atom is 0.410 e. The number of carbonyl (C=O) groups is 2. The highest BCUT2D eigenvalue weighted by atomic mass is 16.6. The number of amides is 2. The van der Waals surface area contributed by atoms with Crippen LogP contribution in [0.2, 0.25) is 0 Å². The van der Waals surface area contributed by atoms with Crippen LogP contribution < -0.4 is 14.8 Å². The highest BCUT2D eigenvalue weighted by Gasteiger charge is 2.22. The van der Waals surface area contributed by atoms with Crippen LogP contribution in [0.5, 0.6) is 11.5 Å². The van der Waals surface area contributed by atoms with Gasteiger partial charge in [-0.05, 0) is 18.6 Å². The van der Waals surface area contributed by atoms with Gasteiger partial charge in [-0.15, -0.1) is 0 Å². The van der Waals surface area contributed by atoms with E-state index in [1.165, 1.54) is 4.90 Å². The molecular formula is C14H16N2O5. The molecule has 1 N–H and O–H groups in total. The normalized spacial score (nSPS) is 17.1. The van der Waals surface area contributed by atoms with Gasteiger partial charge in [-0.1, -0.05) is 0 Å². The number of nitrogens with one attached hydrogen (secondary N) is 1. The summed E-state index contributed by atoms with van der Waals surface area (Å²) in [6, 6.07) is 5.19. The fraction of sp³-hybridized carbons (Fsp3) is 0.429. The molecule has 2 amide bonds. The lowest BCUT2D eigenvalue weighted by Crippen LogP contribution is -2.42. The van der Waals surface area contributed by atoms with Crippen LogP contribution in [0.3, 0.4) is 0 Å². The molecule has 0 bridgehead atoms. The van der Waals surface area contributed by atoms with E-state index in [-0.39, 0.29) is 12.5 Å². The van der Waals surface area contributed by atoms with Crippen LogP contribution in [0, 0.1) is 0 Å². The third-order valence-electron chi connectivity index (χ3n) is 3.22. The van der Waals surface area contributed by atoms with Gasteiger partial charge in [0.05, 0.1) is 6.61 Å². The van der Waals surface area contributed by atoms with Gasteiger partial charge >= 0.3 is 6.09 Å². The van der Waals surface area contributed by atoms with E-state index in [1.807, 2.05) is 0 Å². The molecule has 112 valence electrons. The van der Waals surface area contributed by atoms with Gasteiger partial charge in [-0.25, -0.2) is 4.79 Å². The predicted molar refractivity (Wildman–Crippen MR) is 73.6 cm³/mol. The maximum atomic E-state index is 12.0. The number of hydrogen-bond acceptors (Lipinski definition) is 5. The number of rotatable bonds is 3. The molecule has 21 heavy (non-hydrogen) atoms.